The fourth-order valence-corrected chi connectivity index (χ4v) is 5.33. The summed E-state index contributed by atoms with van der Waals surface area (Å²) < 4.78 is 2.98. The second-order valence-corrected chi connectivity index (χ2v) is 9.72. The number of hydrogen-bond acceptors (Lipinski definition) is 5. The van der Waals surface area contributed by atoms with Crippen LogP contribution >= 0.6 is 23.5 Å². The molecule has 3 heterocycles. The van der Waals surface area contributed by atoms with E-state index >= 15 is 0 Å². The molecule has 154 valence electrons. The molecule has 1 amide bonds. The molecule has 0 fully saturated rings. The summed E-state index contributed by atoms with van der Waals surface area (Å²) in [5.41, 5.74) is 6.81. The number of rotatable bonds is 3. The van der Waals surface area contributed by atoms with Crippen LogP contribution in [0.5, 0.6) is 0 Å². The number of hydrogen-bond donors (Lipinski definition) is 1. The van der Waals surface area contributed by atoms with Crippen LogP contribution in [0, 0.1) is 33.1 Å². The maximum atomic E-state index is 12.7. The van der Waals surface area contributed by atoms with E-state index in [1.165, 1.54) is 27.9 Å². The first-order valence-electron chi connectivity index (χ1n) is 9.69. The Hall–Kier alpha value is -2.58. The number of aromatic nitrogens is 1. The van der Waals surface area contributed by atoms with Gasteiger partial charge in [-0.25, -0.2) is 0 Å². The number of benzene rings is 1. The minimum atomic E-state index is -0.396. The van der Waals surface area contributed by atoms with Crippen LogP contribution in [0.25, 0.3) is 11.8 Å². The van der Waals surface area contributed by atoms with Crippen LogP contribution < -0.4 is 0 Å². The van der Waals surface area contributed by atoms with E-state index in [9.17, 15) is 4.79 Å². The van der Waals surface area contributed by atoms with Gasteiger partial charge in [0, 0.05) is 17.1 Å². The Balaban J connectivity index is 1.73. The lowest BCUT2D eigenvalue weighted by Crippen LogP contribution is -2.35. The van der Waals surface area contributed by atoms with Gasteiger partial charge in [-0.15, -0.1) is 5.10 Å². The Morgan fingerprint density at radius 1 is 1.17 bits per heavy atom. The number of carbonyl (C=O) groups is 1. The van der Waals surface area contributed by atoms with Gasteiger partial charge in [-0.3, -0.25) is 10.2 Å². The van der Waals surface area contributed by atoms with Gasteiger partial charge in [-0.05, 0) is 86.2 Å². The molecule has 1 aromatic carbocycles. The second kappa shape index (κ2) is 7.92. The molecule has 0 aliphatic carbocycles. The van der Waals surface area contributed by atoms with Gasteiger partial charge in [0.25, 0.3) is 5.91 Å². The van der Waals surface area contributed by atoms with Crippen molar-refractivity contribution in [3.05, 3.63) is 57.9 Å². The smallest absolute Gasteiger partial charge is 0.283 e. The highest BCUT2D eigenvalue weighted by molar-refractivity contribution is 8.45. The predicted molar refractivity (Wildman–Crippen MR) is 128 cm³/mol. The van der Waals surface area contributed by atoms with E-state index in [1.54, 1.807) is 17.8 Å². The molecule has 0 saturated heterocycles. The normalized spacial score (nSPS) is 17.5. The van der Waals surface area contributed by atoms with Crippen molar-refractivity contribution in [3.63, 3.8) is 0 Å². The van der Waals surface area contributed by atoms with Crippen LogP contribution in [0.4, 0.5) is 0 Å². The standard InChI is InChI=1S/C22H23N5OS2/c1-6-29-22-25-27-19(23)18(20(28)24-21(27)30-22)11-16-10-14(4)26(15(16)5)17-8-7-12(2)13(3)9-17/h7-11,23H,6H2,1-5H3/b18-11-,23-19?. The van der Waals surface area contributed by atoms with Gasteiger partial charge in [0.2, 0.25) is 5.17 Å². The number of aryl methyl sites for hydroxylation is 3. The molecule has 0 unspecified atom stereocenters. The molecule has 4 rings (SSSR count). The van der Waals surface area contributed by atoms with Crippen LogP contribution in [0.2, 0.25) is 0 Å². The molecule has 0 spiro atoms. The van der Waals surface area contributed by atoms with Gasteiger partial charge in [-0.1, -0.05) is 24.8 Å². The van der Waals surface area contributed by atoms with Gasteiger partial charge in [-0.2, -0.15) is 10.0 Å². The zero-order valence-electron chi connectivity index (χ0n) is 17.6. The van der Waals surface area contributed by atoms with E-state index in [4.69, 9.17) is 5.41 Å². The SMILES string of the molecule is CCSC1=NN2C(=N)/C(=C/c3cc(C)n(-c4ccc(C)c(C)c4)c3C)C(=O)N=C2S1. The fourth-order valence-electron chi connectivity index (χ4n) is 3.51. The van der Waals surface area contributed by atoms with Gasteiger partial charge in [0.15, 0.2) is 10.2 Å². The monoisotopic (exact) mass is 437 g/mol. The number of aliphatic imine (C=N–C) groups is 1. The number of fused-ring (bicyclic) bond motifs is 1. The Kier molecular flexibility index (Phi) is 5.46. The first kappa shape index (κ1) is 20.7. The first-order valence-corrected chi connectivity index (χ1v) is 11.5. The average Bonchev–Trinajstić information content (AvgIpc) is 3.21. The summed E-state index contributed by atoms with van der Waals surface area (Å²) in [6.07, 6.45) is 1.76. The maximum absolute atomic E-state index is 12.7. The highest BCUT2D eigenvalue weighted by Crippen LogP contribution is 2.33. The molecular weight excluding hydrogens is 414 g/mol. The summed E-state index contributed by atoms with van der Waals surface area (Å²) in [5.74, 6) is 0.550. The van der Waals surface area contributed by atoms with E-state index in [2.05, 4.69) is 46.7 Å². The third kappa shape index (κ3) is 3.54. The molecular formula is C22H23N5OS2. The third-order valence-corrected chi connectivity index (χ3v) is 7.15. The van der Waals surface area contributed by atoms with Gasteiger partial charge >= 0.3 is 0 Å². The lowest BCUT2D eigenvalue weighted by molar-refractivity contribution is -0.114. The number of hydrazone groups is 1. The predicted octanol–water partition coefficient (Wildman–Crippen LogP) is 5.04. The lowest BCUT2D eigenvalue weighted by atomic mass is 10.1. The van der Waals surface area contributed by atoms with E-state index in [0.29, 0.717) is 5.17 Å². The molecule has 0 bridgehead atoms. The molecule has 0 atom stereocenters. The zero-order chi connectivity index (χ0) is 21.6. The average molecular weight is 438 g/mol. The van der Waals surface area contributed by atoms with Gasteiger partial charge in [0.05, 0.1) is 5.57 Å². The van der Waals surface area contributed by atoms with Crippen LogP contribution in [0.3, 0.4) is 0 Å². The molecule has 30 heavy (non-hydrogen) atoms. The largest absolute Gasteiger partial charge is 0.318 e. The maximum Gasteiger partial charge on any atom is 0.283 e. The highest BCUT2D eigenvalue weighted by atomic mass is 32.2. The Morgan fingerprint density at radius 3 is 2.63 bits per heavy atom. The number of nitrogens with one attached hydrogen (secondary N) is 1. The molecule has 6 nitrogen and oxygen atoms in total. The minimum Gasteiger partial charge on any atom is -0.318 e. The summed E-state index contributed by atoms with van der Waals surface area (Å²) in [7, 11) is 0. The Bertz CT molecular complexity index is 1170. The van der Waals surface area contributed by atoms with Crippen molar-refractivity contribution in [1.29, 1.82) is 5.41 Å². The molecule has 2 aliphatic heterocycles. The minimum absolute atomic E-state index is 0.0696. The number of amides is 1. The summed E-state index contributed by atoms with van der Waals surface area (Å²) in [4.78, 5) is 16.8. The quantitative estimate of drug-likeness (QED) is 0.683. The van der Waals surface area contributed by atoms with Crippen molar-refractivity contribution in [3.8, 4) is 5.69 Å². The summed E-state index contributed by atoms with van der Waals surface area (Å²) in [5, 5.41) is 14.9. The molecule has 1 N–H and O–H groups in total. The van der Waals surface area contributed by atoms with E-state index < -0.39 is 5.91 Å². The lowest BCUT2D eigenvalue weighted by Gasteiger charge is -2.20. The van der Waals surface area contributed by atoms with E-state index in [0.717, 1.165) is 32.8 Å². The second-order valence-electron chi connectivity index (χ2n) is 7.25. The van der Waals surface area contributed by atoms with Crippen molar-refractivity contribution in [1.82, 2.24) is 9.58 Å². The number of nitrogens with zero attached hydrogens (tertiary/aromatic N) is 4. The Labute approximate surface area is 184 Å². The molecule has 2 aliphatic rings. The van der Waals surface area contributed by atoms with Crippen molar-refractivity contribution in [2.75, 3.05) is 5.75 Å². The molecule has 1 aromatic heterocycles. The van der Waals surface area contributed by atoms with E-state index in [-0.39, 0.29) is 11.4 Å². The summed E-state index contributed by atoms with van der Waals surface area (Å²) >= 11 is 2.92. The first-order chi connectivity index (χ1) is 14.3. The van der Waals surface area contributed by atoms with Crippen molar-refractivity contribution in [2.24, 2.45) is 10.1 Å². The number of thioether (sulfide) groups is 2. The molecule has 0 radical (unpaired) electrons. The summed E-state index contributed by atoms with van der Waals surface area (Å²) in [6, 6.07) is 8.43. The van der Waals surface area contributed by atoms with Crippen LogP contribution in [0.15, 0.2) is 39.9 Å². The van der Waals surface area contributed by atoms with Crippen molar-refractivity contribution >= 4 is 50.9 Å². The molecule has 2 aromatic rings. The molecule has 0 saturated carbocycles. The van der Waals surface area contributed by atoms with Gasteiger partial charge in [0.1, 0.15) is 0 Å². The Morgan fingerprint density at radius 2 is 1.93 bits per heavy atom. The molecule has 8 heteroatoms. The topological polar surface area (TPSA) is 73.8 Å². The van der Waals surface area contributed by atoms with Crippen LogP contribution in [-0.4, -0.2) is 36.6 Å². The van der Waals surface area contributed by atoms with Gasteiger partial charge < -0.3 is 4.57 Å². The third-order valence-electron chi connectivity index (χ3n) is 5.22. The van der Waals surface area contributed by atoms with E-state index in [1.807, 2.05) is 26.8 Å². The fraction of sp³-hybridized carbons (Fsp3) is 0.273. The highest BCUT2D eigenvalue weighted by Gasteiger charge is 2.35. The van der Waals surface area contributed by atoms with Crippen molar-refractivity contribution < 1.29 is 4.79 Å². The van der Waals surface area contributed by atoms with Crippen molar-refractivity contribution in [2.45, 2.75) is 34.6 Å². The number of carbonyl (C=O) groups excluding carboxylic acids is 1. The number of amidine groups is 2. The summed E-state index contributed by atoms with van der Waals surface area (Å²) in [6.45, 7) is 10.3. The van der Waals surface area contributed by atoms with Crippen LogP contribution in [0.1, 0.15) is 35.0 Å². The zero-order valence-corrected chi connectivity index (χ0v) is 19.2. The van der Waals surface area contributed by atoms with Crippen LogP contribution in [-0.2, 0) is 4.79 Å².